The van der Waals surface area contributed by atoms with Crippen LogP contribution < -0.4 is 5.32 Å². The molecule has 3 nitrogen and oxygen atoms in total. The number of allylic oxidation sites excluding steroid dienone is 1. The van der Waals surface area contributed by atoms with Crippen LogP contribution in [0.15, 0.2) is 54.6 Å². The normalized spacial score (nSPS) is 14.4. The fraction of sp³-hybridized carbons (Fsp3) is 0.190. The molecule has 2 aromatic rings. The summed E-state index contributed by atoms with van der Waals surface area (Å²) in [4.78, 5) is 2.16. The predicted molar refractivity (Wildman–Crippen MR) is 100 cm³/mol. The van der Waals surface area contributed by atoms with Crippen LogP contribution in [-0.4, -0.2) is 32.1 Å². The number of hydrogen-bond donors (Lipinski definition) is 1. The zero-order valence-corrected chi connectivity index (χ0v) is 14.1. The van der Waals surface area contributed by atoms with E-state index in [0.717, 1.165) is 46.6 Å². The van der Waals surface area contributed by atoms with Crippen LogP contribution in [0.25, 0.3) is 17.3 Å². The Labute approximate surface area is 143 Å². The van der Waals surface area contributed by atoms with E-state index in [0.29, 0.717) is 0 Å². The summed E-state index contributed by atoms with van der Waals surface area (Å²) in [5, 5.41) is 12.8. The summed E-state index contributed by atoms with van der Waals surface area (Å²) < 4.78 is 0. The van der Waals surface area contributed by atoms with E-state index in [9.17, 15) is 5.26 Å². The predicted octanol–water partition coefficient (Wildman–Crippen LogP) is 3.60. The van der Waals surface area contributed by atoms with E-state index in [1.165, 1.54) is 0 Å². The molecule has 2 aromatic carbocycles. The van der Waals surface area contributed by atoms with Gasteiger partial charge in [0.2, 0.25) is 0 Å². The van der Waals surface area contributed by atoms with Crippen LogP contribution in [-0.2, 0) is 0 Å². The Kier molecular flexibility index (Phi) is 4.79. The highest BCUT2D eigenvalue weighted by Crippen LogP contribution is 2.36. The standard InChI is InChI=1S/C21H21N3/c1-24(2)14-13-23-21-15-16-7-3-4-8-17(16)19(11-12-22)18-9-5-6-10-20(18)21/h3-11,15,23H,13-14H2,1-2H3/b19-11-. The lowest BCUT2D eigenvalue weighted by molar-refractivity contribution is 0.411. The first-order chi connectivity index (χ1) is 11.7. The Hall–Kier alpha value is -2.83. The lowest BCUT2D eigenvalue weighted by atomic mass is 9.93. The average molecular weight is 315 g/mol. The van der Waals surface area contributed by atoms with Gasteiger partial charge in [-0.2, -0.15) is 5.26 Å². The zero-order valence-electron chi connectivity index (χ0n) is 14.1. The van der Waals surface area contributed by atoms with Crippen molar-refractivity contribution >= 4 is 17.3 Å². The van der Waals surface area contributed by atoms with Crippen LogP contribution >= 0.6 is 0 Å². The topological polar surface area (TPSA) is 39.1 Å². The maximum atomic E-state index is 9.27. The SMILES string of the molecule is CN(C)CCNC1=Cc2ccccc2/C(=C/C#N)c2ccccc21. The van der Waals surface area contributed by atoms with Crippen LogP contribution in [0.1, 0.15) is 22.3 Å². The number of benzene rings is 2. The molecule has 3 rings (SSSR count). The van der Waals surface area contributed by atoms with Gasteiger partial charge in [0.15, 0.2) is 0 Å². The summed E-state index contributed by atoms with van der Waals surface area (Å²) in [5.74, 6) is 0. The molecule has 0 atom stereocenters. The van der Waals surface area contributed by atoms with Gasteiger partial charge in [-0.25, -0.2) is 0 Å². The highest BCUT2D eigenvalue weighted by molar-refractivity contribution is 5.98. The van der Waals surface area contributed by atoms with Crippen molar-refractivity contribution in [3.05, 3.63) is 76.9 Å². The number of hydrogen-bond acceptors (Lipinski definition) is 3. The molecule has 3 heteroatoms. The van der Waals surface area contributed by atoms with Gasteiger partial charge in [0, 0.05) is 36.0 Å². The van der Waals surface area contributed by atoms with Gasteiger partial charge >= 0.3 is 0 Å². The van der Waals surface area contributed by atoms with Crippen molar-refractivity contribution in [2.75, 3.05) is 27.2 Å². The molecular weight excluding hydrogens is 294 g/mol. The van der Waals surface area contributed by atoms with E-state index >= 15 is 0 Å². The summed E-state index contributed by atoms with van der Waals surface area (Å²) in [5.41, 5.74) is 6.52. The highest BCUT2D eigenvalue weighted by atomic mass is 15.1. The van der Waals surface area contributed by atoms with Crippen molar-refractivity contribution in [2.45, 2.75) is 0 Å². The largest absolute Gasteiger partial charge is 0.383 e. The molecule has 1 aliphatic carbocycles. The van der Waals surface area contributed by atoms with Crippen molar-refractivity contribution < 1.29 is 0 Å². The first-order valence-electron chi connectivity index (χ1n) is 8.10. The number of nitrogens with zero attached hydrogens (tertiary/aromatic N) is 2. The second-order valence-corrected chi connectivity index (χ2v) is 6.11. The van der Waals surface area contributed by atoms with Gasteiger partial charge in [-0.1, -0.05) is 48.5 Å². The molecule has 1 N–H and O–H groups in total. The Morgan fingerprint density at radius 2 is 1.67 bits per heavy atom. The van der Waals surface area contributed by atoms with Gasteiger partial charge in [-0.15, -0.1) is 0 Å². The van der Waals surface area contributed by atoms with E-state index in [1.54, 1.807) is 6.08 Å². The molecule has 120 valence electrons. The molecule has 0 aromatic heterocycles. The Morgan fingerprint density at radius 3 is 2.38 bits per heavy atom. The molecule has 0 bridgehead atoms. The minimum Gasteiger partial charge on any atom is -0.383 e. The van der Waals surface area contributed by atoms with Gasteiger partial charge in [-0.3, -0.25) is 0 Å². The first-order valence-corrected chi connectivity index (χ1v) is 8.10. The molecule has 0 aliphatic heterocycles. The Morgan fingerprint density at radius 1 is 1.00 bits per heavy atom. The maximum absolute atomic E-state index is 9.27. The van der Waals surface area contributed by atoms with Crippen LogP contribution in [0, 0.1) is 11.3 Å². The summed E-state index contributed by atoms with van der Waals surface area (Å²) >= 11 is 0. The molecule has 24 heavy (non-hydrogen) atoms. The third-order valence-electron chi connectivity index (χ3n) is 4.14. The van der Waals surface area contributed by atoms with Gasteiger partial charge in [0.05, 0.1) is 6.07 Å². The molecule has 0 unspecified atom stereocenters. The number of nitriles is 1. The number of rotatable bonds is 4. The van der Waals surface area contributed by atoms with E-state index in [2.05, 4.69) is 60.7 Å². The minimum absolute atomic E-state index is 0.868. The van der Waals surface area contributed by atoms with E-state index in [1.807, 2.05) is 24.3 Å². The molecule has 0 spiro atoms. The average Bonchev–Trinajstić information content (AvgIpc) is 2.71. The smallest absolute Gasteiger partial charge is 0.0918 e. The molecule has 0 amide bonds. The van der Waals surface area contributed by atoms with E-state index < -0.39 is 0 Å². The van der Waals surface area contributed by atoms with Crippen LogP contribution in [0.3, 0.4) is 0 Å². The summed E-state index contributed by atoms with van der Waals surface area (Å²) in [6, 6.07) is 18.7. The Bertz CT molecular complexity index is 838. The van der Waals surface area contributed by atoms with Crippen molar-refractivity contribution in [2.24, 2.45) is 0 Å². The number of likely N-dealkylation sites (N-methyl/N-ethyl adjacent to an activating group) is 1. The molecule has 0 fully saturated rings. The molecule has 0 saturated carbocycles. The summed E-state index contributed by atoms with van der Waals surface area (Å²) in [6.07, 6.45) is 3.83. The molecule has 0 saturated heterocycles. The second-order valence-electron chi connectivity index (χ2n) is 6.11. The van der Waals surface area contributed by atoms with Crippen molar-refractivity contribution in [3.8, 4) is 6.07 Å². The monoisotopic (exact) mass is 315 g/mol. The van der Waals surface area contributed by atoms with Crippen molar-refractivity contribution in [1.29, 1.82) is 5.26 Å². The first kappa shape index (κ1) is 16.0. The van der Waals surface area contributed by atoms with E-state index in [4.69, 9.17) is 0 Å². The van der Waals surface area contributed by atoms with Gasteiger partial charge in [0.25, 0.3) is 0 Å². The van der Waals surface area contributed by atoms with Crippen molar-refractivity contribution in [1.82, 2.24) is 10.2 Å². The fourth-order valence-electron chi connectivity index (χ4n) is 2.98. The van der Waals surface area contributed by atoms with Gasteiger partial charge < -0.3 is 10.2 Å². The third-order valence-corrected chi connectivity index (χ3v) is 4.14. The van der Waals surface area contributed by atoms with Crippen LogP contribution in [0.2, 0.25) is 0 Å². The van der Waals surface area contributed by atoms with Crippen LogP contribution in [0.5, 0.6) is 0 Å². The summed E-state index contributed by atoms with van der Waals surface area (Å²) in [6.45, 7) is 1.83. The van der Waals surface area contributed by atoms with Crippen LogP contribution in [0.4, 0.5) is 0 Å². The fourth-order valence-corrected chi connectivity index (χ4v) is 2.98. The number of nitrogens with one attached hydrogen (secondary N) is 1. The Balaban J connectivity index is 2.13. The van der Waals surface area contributed by atoms with E-state index in [-0.39, 0.29) is 0 Å². The third kappa shape index (κ3) is 3.24. The lowest BCUT2D eigenvalue weighted by Gasteiger charge is -2.16. The lowest BCUT2D eigenvalue weighted by Crippen LogP contribution is -2.25. The molecule has 1 aliphatic rings. The zero-order chi connectivity index (χ0) is 16.9. The molecule has 0 heterocycles. The molecule has 0 radical (unpaired) electrons. The molecular formula is C21H21N3. The highest BCUT2D eigenvalue weighted by Gasteiger charge is 2.18. The van der Waals surface area contributed by atoms with Crippen molar-refractivity contribution in [3.63, 3.8) is 0 Å². The second kappa shape index (κ2) is 7.16. The van der Waals surface area contributed by atoms with Gasteiger partial charge in [0.1, 0.15) is 0 Å². The minimum atomic E-state index is 0.868. The quantitative estimate of drug-likeness (QED) is 0.876. The summed E-state index contributed by atoms with van der Waals surface area (Å²) in [7, 11) is 4.14. The maximum Gasteiger partial charge on any atom is 0.0918 e. The number of fused-ring (bicyclic) bond motifs is 2. The van der Waals surface area contributed by atoms with Gasteiger partial charge in [-0.05, 0) is 36.9 Å².